The largest absolute Gasteiger partial charge is 0.465 e. The fourth-order valence-corrected chi connectivity index (χ4v) is 4.90. The topological polar surface area (TPSA) is 73.3 Å². The van der Waals surface area contributed by atoms with Gasteiger partial charge in [0.25, 0.3) is 5.91 Å². The normalized spacial score (nSPS) is 18.1. The van der Waals surface area contributed by atoms with E-state index in [1.807, 2.05) is 31.2 Å². The van der Waals surface area contributed by atoms with E-state index in [2.05, 4.69) is 25.7 Å². The first-order valence-electron chi connectivity index (χ1n) is 13.0. The van der Waals surface area contributed by atoms with Gasteiger partial charge < -0.3 is 14.7 Å². The molecule has 39 heavy (non-hydrogen) atoms. The summed E-state index contributed by atoms with van der Waals surface area (Å²) in [6.45, 7) is 10.7. The lowest BCUT2D eigenvalue weighted by Gasteiger charge is -2.54. The van der Waals surface area contributed by atoms with Gasteiger partial charge in [0.1, 0.15) is 17.3 Å². The number of hydrogen-bond donors (Lipinski definition) is 1. The van der Waals surface area contributed by atoms with Crippen LogP contribution in [0.4, 0.5) is 14.9 Å². The minimum atomic E-state index is -0.878. The van der Waals surface area contributed by atoms with Crippen LogP contribution >= 0.6 is 0 Å². The van der Waals surface area contributed by atoms with E-state index in [0.717, 1.165) is 11.3 Å². The van der Waals surface area contributed by atoms with E-state index in [1.165, 1.54) is 24.3 Å². The molecule has 0 aromatic heterocycles. The van der Waals surface area contributed by atoms with E-state index in [9.17, 15) is 19.1 Å². The van der Waals surface area contributed by atoms with E-state index in [0.29, 0.717) is 43.2 Å². The molecule has 1 atom stereocenters. The van der Waals surface area contributed by atoms with Crippen LogP contribution in [-0.4, -0.2) is 59.1 Å². The Morgan fingerprint density at radius 1 is 1.00 bits per heavy atom. The van der Waals surface area contributed by atoms with Crippen LogP contribution in [0.5, 0.6) is 11.5 Å². The van der Waals surface area contributed by atoms with Crippen molar-refractivity contribution in [3.05, 3.63) is 89.7 Å². The second-order valence-electron chi connectivity index (χ2n) is 11.3. The van der Waals surface area contributed by atoms with Crippen molar-refractivity contribution in [3.8, 4) is 11.5 Å². The van der Waals surface area contributed by atoms with Gasteiger partial charge in [-0.1, -0.05) is 39.0 Å². The monoisotopic (exact) mass is 533 g/mol. The maximum atomic E-state index is 13.2. The molecule has 1 N–H and O–H groups in total. The van der Waals surface area contributed by atoms with Crippen LogP contribution in [-0.2, 0) is 6.54 Å². The van der Waals surface area contributed by atoms with Crippen molar-refractivity contribution in [2.45, 2.75) is 39.8 Å². The fraction of sp³-hybridized carbons (Fsp3) is 0.355. The number of anilines is 1. The summed E-state index contributed by atoms with van der Waals surface area (Å²) in [6.07, 6.45) is -0.878. The van der Waals surface area contributed by atoms with Crippen LogP contribution in [0.1, 0.15) is 43.6 Å². The maximum absolute atomic E-state index is 13.2. The van der Waals surface area contributed by atoms with Crippen molar-refractivity contribution in [2.24, 2.45) is 5.41 Å². The molecule has 206 valence electrons. The Labute approximate surface area is 229 Å². The Morgan fingerprint density at radius 3 is 2.28 bits per heavy atom. The fourth-order valence-electron chi connectivity index (χ4n) is 4.90. The van der Waals surface area contributed by atoms with Crippen LogP contribution in [0.3, 0.4) is 0 Å². The first-order valence-corrected chi connectivity index (χ1v) is 13.0. The molecular weight excluding hydrogens is 497 g/mol. The molecule has 4 rings (SSSR count). The highest BCUT2D eigenvalue weighted by molar-refractivity contribution is 6.05. The van der Waals surface area contributed by atoms with Crippen LogP contribution in [0.25, 0.3) is 0 Å². The number of piperazine rings is 1. The first-order chi connectivity index (χ1) is 18.4. The summed E-state index contributed by atoms with van der Waals surface area (Å²) in [5, 5.41) is 9.77. The molecule has 1 fully saturated rings. The molecule has 1 heterocycles. The van der Waals surface area contributed by atoms with Crippen molar-refractivity contribution in [1.29, 1.82) is 0 Å². The zero-order valence-corrected chi connectivity index (χ0v) is 23.1. The number of rotatable bonds is 6. The molecule has 3 aromatic carbocycles. The zero-order chi connectivity index (χ0) is 28.4. The molecule has 0 saturated carbocycles. The van der Waals surface area contributed by atoms with Crippen molar-refractivity contribution >= 4 is 17.7 Å². The van der Waals surface area contributed by atoms with Gasteiger partial charge in [-0.15, -0.1) is 0 Å². The lowest BCUT2D eigenvalue weighted by molar-refractivity contribution is -0.0462. The number of amides is 2. The van der Waals surface area contributed by atoms with E-state index >= 15 is 0 Å². The molecule has 0 bridgehead atoms. The molecule has 7 nitrogen and oxygen atoms in total. The number of hydrogen-bond acceptors (Lipinski definition) is 4. The Morgan fingerprint density at radius 2 is 1.67 bits per heavy atom. The Bertz CT molecular complexity index is 1320. The summed E-state index contributed by atoms with van der Waals surface area (Å²) in [4.78, 5) is 30.6. The van der Waals surface area contributed by atoms with Gasteiger partial charge in [0.15, 0.2) is 0 Å². The SMILES string of the molecule is CN(C(=O)c1cccc(Oc2ccc(F)cc2)c1)c1ccc(CN2CCN(C(=O)O)[C@@](C)(C(C)(C)C)C2)cc1. The quantitative estimate of drug-likeness (QED) is 0.392. The number of carbonyl (C=O) groups excluding carboxylic acids is 1. The predicted octanol–water partition coefficient (Wildman–Crippen LogP) is 6.50. The Kier molecular flexibility index (Phi) is 7.97. The van der Waals surface area contributed by atoms with E-state index in [-0.39, 0.29) is 17.1 Å². The maximum Gasteiger partial charge on any atom is 0.407 e. The summed E-state index contributed by atoms with van der Waals surface area (Å²) in [5.74, 6) is 0.444. The molecule has 0 unspecified atom stereocenters. The average Bonchev–Trinajstić information content (AvgIpc) is 2.89. The average molecular weight is 534 g/mol. The van der Waals surface area contributed by atoms with Gasteiger partial charge in [-0.25, -0.2) is 9.18 Å². The number of nitrogens with zero attached hydrogens (tertiary/aromatic N) is 3. The molecule has 3 aromatic rings. The molecule has 0 aliphatic carbocycles. The van der Waals surface area contributed by atoms with E-state index < -0.39 is 11.6 Å². The molecular formula is C31H36FN3O4. The third-order valence-electron chi connectivity index (χ3n) is 7.78. The summed E-state index contributed by atoms with van der Waals surface area (Å²) in [5.41, 5.74) is 1.58. The summed E-state index contributed by atoms with van der Waals surface area (Å²) in [7, 11) is 1.73. The second kappa shape index (κ2) is 11.1. The van der Waals surface area contributed by atoms with Gasteiger partial charge in [0.2, 0.25) is 0 Å². The van der Waals surface area contributed by atoms with Crippen LogP contribution in [0, 0.1) is 11.2 Å². The number of carbonyl (C=O) groups is 2. The van der Waals surface area contributed by atoms with Gasteiger partial charge in [0.05, 0.1) is 5.54 Å². The van der Waals surface area contributed by atoms with Crippen LogP contribution in [0.15, 0.2) is 72.8 Å². The number of carboxylic acid groups (broad SMARTS) is 1. The van der Waals surface area contributed by atoms with E-state index in [4.69, 9.17) is 4.74 Å². The number of benzene rings is 3. The van der Waals surface area contributed by atoms with Crippen molar-refractivity contribution < 1.29 is 23.8 Å². The minimum Gasteiger partial charge on any atom is -0.465 e. The number of ether oxygens (including phenoxy) is 1. The smallest absolute Gasteiger partial charge is 0.407 e. The summed E-state index contributed by atoms with van der Waals surface area (Å²) in [6, 6.07) is 20.4. The standard InChI is InChI=1S/C31H36FN3O4/c1-30(2,3)31(4)21-34(17-18-35(31)29(37)38)20-22-9-13-25(14-10-22)33(5)28(36)23-7-6-8-27(19-23)39-26-15-11-24(32)12-16-26/h6-16,19H,17-18,20-21H2,1-5H3,(H,37,38)/t31-/m1/s1. The van der Waals surface area contributed by atoms with Crippen molar-refractivity contribution in [1.82, 2.24) is 9.80 Å². The molecule has 1 aliphatic rings. The van der Waals surface area contributed by atoms with Crippen molar-refractivity contribution in [3.63, 3.8) is 0 Å². The van der Waals surface area contributed by atoms with Crippen LogP contribution in [0.2, 0.25) is 0 Å². The lowest BCUT2D eigenvalue weighted by atomic mass is 9.72. The Hall–Kier alpha value is -3.91. The predicted molar refractivity (Wildman–Crippen MR) is 150 cm³/mol. The molecule has 2 amide bonds. The van der Waals surface area contributed by atoms with Crippen molar-refractivity contribution in [2.75, 3.05) is 31.6 Å². The molecule has 1 aliphatic heterocycles. The van der Waals surface area contributed by atoms with Crippen LogP contribution < -0.4 is 9.64 Å². The molecule has 0 spiro atoms. The molecule has 0 radical (unpaired) electrons. The summed E-state index contributed by atoms with van der Waals surface area (Å²) < 4.78 is 18.9. The lowest BCUT2D eigenvalue weighted by Crippen LogP contribution is -2.67. The second-order valence-corrected chi connectivity index (χ2v) is 11.3. The van der Waals surface area contributed by atoms with Gasteiger partial charge in [0, 0.05) is 44.5 Å². The van der Waals surface area contributed by atoms with Gasteiger partial charge >= 0.3 is 6.09 Å². The number of halogens is 1. The Balaban J connectivity index is 1.42. The molecule has 8 heteroatoms. The minimum absolute atomic E-state index is 0.182. The van der Waals surface area contributed by atoms with Gasteiger partial charge in [-0.2, -0.15) is 0 Å². The molecule has 1 saturated heterocycles. The third kappa shape index (κ3) is 6.23. The summed E-state index contributed by atoms with van der Waals surface area (Å²) >= 11 is 0. The van der Waals surface area contributed by atoms with Gasteiger partial charge in [-0.05, 0) is 72.5 Å². The highest BCUT2D eigenvalue weighted by Gasteiger charge is 2.48. The zero-order valence-electron chi connectivity index (χ0n) is 23.1. The highest BCUT2D eigenvalue weighted by atomic mass is 19.1. The highest BCUT2D eigenvalue weighted by Crippen LogP contribution is 2.38. The van der Waals surface area contributed by atoms with E-state index in [1.54, 1.807) is 41.1 Å². The first kappa shape index (κ1) is 28.1. The third-order valence-corrected chi connectivity index (χ3v) is 7.78. The van der Waals surface area contributed by atoms with Gasteiger partial charge in [-0.3, -0.25) is 14.6 Å².